The largest absolute Gasteiger partial charge is 0.294 e. The van der Waals surface area contributed by atoms with Gasteiger partial charge in [0.15, 0.2) is 5.78 Å². The quantitative estimate of drug-likeness (QED) is 0.361. The number of Topliss-reactive ketones (excluding diaryl/α,β-unsaturated/α-hetero) is 1. The molecule has 0 radical (unpaired) electrons. The van der Waals surface area contributed by atoms with E-state index in [0.717, 1.165) is 12.0 Å². The average Bonchev–Trinajstić information content (AvgIpc) is 3.58. The number of carbonyl (C=O) groups excluding carboxylic acids is 3. The number of anilines is 1. The molecule has 0 spiro atoms. The summed E-state index contributed by atoms with van der Waals surface area (Å²) in [4.78, 5) is 44.5. The second kappa shape index (κ2) is 7.26. The number of aryl methyl sites for hydroxylation is 1. The molecule has 7 rings (SSSR count). The number of hydrogen-bond donors (Lipinski definition) is 0. The molecule has 5 nitrogen and oxygen atoms in total. The summed E-state index contributed by atoms with van der Waals surface area (Å²) in [7, 11) is 0. The van der Waals surface area contributed by atoms with Crippen LogP contribution in [0.25, 0.3) is 0 Å². The van der Waals surface area contributed by atoms with Crippen LogP contribution < -0.4 is 4.90 Å². The van der Waals surface area contributed by atoms with Crippen LogP contribution in [0, 0.1) is 35.5 Å². The van der Waals surface area contributed by atoms with Gasteiger partial charge in [0.2, 0.25) is 11.8 Å². The molecule has 6 unspecified atom stereocenters. The maximum Gasteiger partial charge on any atom is 0.239 e. The molecule has 1 aromatic heterocycles. The Morgan fingerprint density at radius 3 is 2.25 bits per heavy atom. The topological polar surface area (TPSA) is 67.3 Å². The lowest BCUT2D eigenvalue weighted by Crippen LogP contribution is -2.40. The van der Waals surface area contributed by atoms with E-state index in [4.69, 9.17) is 23.2 Å². The van der Waals surface area contributed by atoms with Crippen LogP contribution in [-0.2, 0) is 16.0 Å². The van der Waals surface area contributed by atoms with Crippen LogP contribution in [0.5, 0.6) is 0 Å². The van der Waals surface area contributed by atoms with E-state index in [0.29, 0.717) is 46.1 Å². The number of carbonyl (C=O) groups is 3. The highest BCUT2D eigenvalue weighted by Crippen LogP contribution is 2.65. The molecule has 4 aliphatic carbocycles. The molecule has 6 atom stereocenters. The lowest BCUT2D eigenvalue weighted by atomic mass is 9.63. The Hall–Kier alpha value is -2.50. The standard InChI is InChI=1S/C25H20Cl2N2O3/c26-18-6-3-13(9-19(18)27)20(30)7-1-12-2-8-21(28-11-12)29-24(31)22-14-4-5-15(17-10-16(14)17)23(22)25(29)32/h2-6,8-9,11,14-17,22-23H,1,7,10H2. The molecule has 2 saturated carbocycles. The van der Waals surface area contributed by atoms with E-state index in [9.17, 15) is 14.4 Å². The predicted octanol–water partition coefficient (Wildman–Crippen LogP) is 4.76. The maximum atomic E-state index is 13.2. The third-order valence-corrected chi connectivity index (χ3v) is 8.32. The molecule has 2 bridgehead atoms. The number of hydrogen-bond acceptors (Lipinski definition) is 4. The van der Waals surface area contributed by atoms with Crippen molar-refractivity contribution in [1.29, 1.82) is 0 Å². The van der Waals surface area contributed by atoms with E-state index >= 15 is 0 Å². The molecular formula is C25H20Cl2N2O3. The fourth-order valence-corrected chi connectivity index (χ4v) is 6.25. The van der Waals surface area contributed by atoms with E-state index in [1.165, 1.54) is 4.90 Å². The first kappa shape index (κ1) is 20.1. The predicted molar refractivity (Wildman–Crippen MR) is 121 cm³/mol. The van der Waals surface area contributed by atoms with Gasteiger partial charge in [-0.05, 0) is 66.3 Å². The van der Waals surface area contributed by atoms with Crippen molar-refractivity contribution in [3.8, 4) is 0 Å². The highest BCUT2D eigenvalue weighted by Gasteiger charge is 2.67. The van der Waals surface area contributed by atoms with Gasteiger partial charge in [0.25, 0.3) is 0 Å². The lowest BCUT2D eigenvalue weighted by molar-refractivity contribution is -0.124. The Morgan fingerprint density at radius 1 is 0.969 bits per heavy atom. The van der Waals surface area contributed by atoms with Crippen LogP contribution in [0.2, 0.25) is 10.0 Å². The summed E-state index contributed by atoms with van der Waals surface area (Å²) in [6.45, 7) is 0. The number of amides is 2. The van der Waals surface area contributed by atoms with Crippen molar-refractivity contribution < 1.29 is 14.4 Å². The molecule has 2 heterocycles. The van der Waals surface area contributed by atoms with Crippen molar-refractivity contribution in [2.45, 2.75) is 19.3 Å². The minimum atomic E-state index is -0.230. The third-order valence-electron chi connectivity index (χ3n) is 7.58. The number of allylic oxidation sites excluding steroid dienone is 2. The Morgan fingerprint density at radius 2 is 1.66 bits per heavy atom. The first-order valence-corrected chi connectivity index (χ1v) is 11.7. The van der Waals surface area contributed by atoms with E-state index in [-0.39, 0.29) is 41.3 Å². The Kier molecular flexibility index (Phi) is 4.57. The molecule has 5 aliphatic rings. The fourth-order valence-electron chi connectivity index (χ4n) is 5.95. The van der Waals surface area contributed by atoms with Crippen LogP contribution in [0.3, 0.4) is 0 Å². The van der Waals surface area contributed by atoms with Gasteiger partial charge in [-0.2, -0.15) is 0 Å². The monoisotopic (exact) mass is 466 g/mol. The first-order valence-electron chi connectivity index (χ1n) is 10.9. The van der Waals surface area contributed by atoms with Gasteiger partial charge in [-0.1, -0.05) is 41.4 Å². The number of halogens is 2. The number of pyridine rings is 1. The van der Waals surface area contributed by atoms with Crippen molar-refractivity contribution in [3.63, 3.8) is 0 Å². The summed E-state index contributed by atoms with van der Waals surface area (Å²) in [6, 6.07) is 8.39. The van der Waals surface area contributed by atoms with Crippen molar-refractivity contribution >= 4 is 46.6 Å². The summed E-state index contributed by atoms with van der Waals surface area (Å²) in [5.74, 6) is 1.20. The summed E-state index contributed by atoms with van der Waals surface area (Å²) in [5, 5.41) is 0.764. The van der Waals surface area contributed by atoms with Gasteiger partial charge in [-0.25, -0.2) is 9.88 Å². The molecule has 32 heavy (non-hydrogen) atoms. The molecule has 0 N–H and O–H groups in total. The van der Waals surface area contributed by atoms with Crippen molar-refractivity contribution in [2.75, 3.05) is 4.90 Å². The molecule has 7 heteroatoms. The molecule has 1 saturated heterocycles. The van der Waals surface area contributed by atoms with Crippen molar-refractivity contribution in [1.82, 2.24) is 4.98 Å². The van der Waals surface area contributed by atoms with E-state index in [1.54, 1.807) is 30.5 Å². The maximum absolute atomic E-state index is 13.2. The van der Waals surface area contributed by atoms with Gasteiger partial charge in [-0.3, -0.25) is 14.4 Å². The first-order chi connectivity index (χ1) is 15.4. The molecule has 1 aromatic carbocycles. The number of imide groups is 1. The molecular weight excluding hydrogens is 447 g/mol. The molecule has 2 amide bonds. The van der Waals surface area contributed by atoms with Gasteiger partial charge in [0.1, 0.15) is 5.82 Å². The summed E-state index contributed by atoms with van der Waals surface area (Å²) in [5.41, 5.74) is 1.38. The fraction of sp³-hybridized carbons (Fsp3) is 0.360. The summed E-state index contributed by atoms with van der Waals surface area (Å²) >= 11 is 11.9. The number of ketones is 1. The second-order valence-corrected chi connectivity index (χ2v) is 10.1. The van der Waals surface area contributed by atoms with Gasteiger partial charge >= 0.3 is 0 Å². The van der Waals surface area contributed by atoms with Crippen LogP contribution >= 0.6 is 23.2 Å². The van der Waals surface area contributed by atoms with Crippen LogP contribution in [0.15, 0.2) is 48.7 Å². The lowest BCUT2D eigenvalue weighted by Gasteiger charge is -2.37. The summed E-state index contributed by atoms with van der Waals surface area (Å²) in [6.07, 6.45) is 7.90. The normalized spacial score (nSPS) is 31.6. The zero-order valence-electron chi connectivity index (χ0n) is 17.1. The minimum Gasteiger partial charge on any atom is -0.294 e. The SMILES string of the molecule is O=C(CCc1ccc(N2C(=O)C3C4C=CC(C5CC45)C3C2=O)nc1)c1ccc(Cl)c(Cl)c1. The number of nitrogens with zero attached hydrogens (tertiary/aromatic N) is 2. The zero-order valence-corrected chi connectivity index (χ0v) is 18.6. The van der Waals surface area contributed by atoms with Gasteiger partial charge < -0.3 is 0 Å². The average molecular weight is 467 g/mol. The zero-order chi connectivity index (χ0) is 22.1. The van der Waals surface area contributed by atoms with E-state index in [1.807, 2.05) is 6.07 Å². The Labute approximate surface area is 195 Å². The van der Waals surface area contributed by atoms with Crippen LogP contribution in [0.4, 0.5) is 5.82 Å². The van der Waals surface area contributed by atoms with Gasteiger partial charge in [0, 0.05) is 18.2 Å². The van der Waals surface area contributed by atoms with Crippen LogP contribution in [0.1, 0.15) is 28.8 Å². The van der Waals surface area contributed by atoms with Gasteiger partial charge in [0.05, 0.1) is 21.9 Å². The highest BCUT2D eigenvalue weighted by atomic mass is 35.5. The number of benzene rings is 1. The highest BCUT2D eigenvalue weighted by molar-refractivity contribution is 6.42. The number of aromatic nitrogens is 1. The van der Waals surface area contributed by atoms with Crippen molar-refractivity contribution in [3.05, 3.63) is 69.9 Å². The van der Waals surface area contributed by atoms with Crippen LogP contribution in [-0.4, -0.2) is 22.6 Å². The Bertz CT molecular complexity index is 1160. The minimum absolute atomic E-state index is 0.0387. The smallest absolute Gasteiger partial charge is 0.239 e. The molecule has 2 aromatic rings. The van der Waals surface area contributed by atoms with E-state index in [2.05, 4.69) is 17.1 Å². The Balaban J connectivity index is 1.15. The summed E-state index contributed by atoms with van der Waals surface area (Å²) < 4.78 is 0. The number of rotatable bonds is 5. The van der Waals surface area contributed by atoms with Crippen molar-refractivity contribution in [2.24, 2.45) is 35.5 Å². The third kappa shape index (κ3) is 2.98. The van der Waals surface area contributed by atoms with Gasteiger partial charge in [-0.15, -0.1) is 0 Å². The molecule has 1 aliphatic heterocycles. The molecule has 3 fully saturated rings. The molecule has 162 valence electrons. The second-order valence-electron chi connectivity index (χ2n) is 9.24. The van der Waals surface area contributed by atoms with E-state index < -0.39 is 0 Å².